The van der Waals surface area contributed by atoms with E-state index in [4.69, 9.17) is 0 Å². The first kappa shape index (κ1) is 10.1. The number of aromatic nitrogens is 1. The van der Waals surface area contributed by atoms with Crippen LogP contribution >= 0.6 is 0 Å². The standard InChI is InChI=1S/C8H11NO3S/c1-7-5-8(3-4-9-7)6-12-13(2,10)11/h3-5H,6H2,1-2H3. The van der Waals surface area contributed by atoms with Gasteiger partial charge < -0.3 is 0 Å². The van der Waals surface area contributed by atoms with Gasteiger partial charge >= 0.3 is 0 Å². The van der Waals surface area contributed by atoms with Gasteiger partial charge in [-0.1, -0.05) is 0 Å². The molecule has 0 aromatic carbocycles. The molecule has 1 aromatic heterocycles. The monoisotopic (exact) mass is 201 g/mol. The van der Waals surface area contributed by atoms with Crippen molar-refractivity contribution in [3.8, 4) is 0 Å². The van der Waals surface area contributed by atoms with Gasteiger partial charge in [0, 0.05) is 11.9 Å². The van der Waals surface area contributed by atoms with Crippen molar-refractivity contribution in [2.45, 2.75) is 13.5 Å². The molecule has 0 aliphatic heterocycles. The predicted molar refractivity (Wildman–Crippen MR) is 48.6 cm³/mol. The van der Waals surface area contributed by atoms with Gasteiger partial charge in [-0.15, -0.1) is 0 Å². The van der Waals surface area contributed by atoms with Crippen LogP contribution in [0.25, 0.3) is 0 Å². The van der Waals surface area contributed by atoms with Gasteiger partial charge in [-0.05, 0) is 24.6 Å². The molecule has 0 saturated heterocycles. The summed E-state index contributed by atoms with van der Waals surface area (Å²) < 4.78 is 25.9. The number of aryl methyl sites for hydroxylation is 1. The second-order valence-corrected chi connectivity index (χ2v) is 4.42. The van der Waals surface area contributed by atoms with Crippen LogP contribution in [0.5, 0.6) is 0 Å². The van der Waals surface area contributed by atoms with E-state index in [-0.39, 0.29) is 6.61 Å². The predicted octanol–water partition coefficient (Wildman–Crippen LogP) is 0.866. The van der Waals surface area contributed by atoms with E-state index in [1.807, 2.05) is 6.92 Å². The minimum atomic E-state index is -3.36. The number of rotatable bonds is 3. The zero-order valence-corrected chi connectivity index (χ0v) is 8.34. The summed E-state index contributed by atoms with van der Waals surface area (Å²) in [5, 5.41) is 0. The Bertz CT molecular complexity index is 386. The SMILES string of the molecule is Cc1cc(COS(C)(=O)=O)ccn1. The first-order valence-corrected chi connectivity index (χ1v) is 5.55. The number of pyridine rings is 1. The van der Waals surface area contributed by atoms with E-state index in [0.717, 1.165) is 17.5 Å². The number of nitrogens with zero attached hydrogens (tertiary/aromatic N) is 1. The van der Waals surface area contributed by atoms with E-state index in [9.17, 15) is 8.42 Å². The average molecular weight is 201 g/mol. The van der Waals surface area contributed by atoms with Gasteiger partial charge in [0.2, 0.25) is 0 Å². The largest absolute Gasteiger partial charge is 0.265 e. The molecule has 0 bridgehead atoms. The summed E-state index contributed by atoms with van der Waals surface area (Å²) in [7, 11) is -3.36. The van der Waals surface area contributed by atoms with Crippen LogP contribution in [0.4, 0.5) is 0 Å². The quantitative estimate of drug-likeness (QED) is 0.681. The lowest BCUT2D eigenvalue weighted by Gasteiger charge is -2.01. The molecule has 0 amide bonds. The van der Waals surface area contributed by atoms with Crippen molar-refractivity contribution >= 4 is 10.1 Å². The zero-order valence-electron chi connectivity index (χ0n) is 7.52. The highest BCUT2D eigenvalue weighted by atomic mass is 32.2. The van der Waals surface area contributed by atoms with Gasteiger partial charge in [-0.3, -0.25) is 9.17 Å². The van der Waals surface area contributed by atoms with Gasteiger partial charge in [0.15, 0.2) is 0 Å². The van der Waals surface area contributed by atoms with E-state index < -0.39 is 10.1 Å². The van der Waals surface area contributed by atoms with Crippen molar-refractivity contribution in [1.29, 1.82) is 0 Å². The summed E-state index contributed by atoms with van der Waals surface area (Å²) >= 11 is 0. The van der Waals surface area contributed by atoms with Crippen LogP contribution in [-0.2, 0) is 20.9 Å². The third-order valence-corrected chi connectivity index (χ3v) is 1.95. The molecule has 13 heavy (non-hydrogen) atoms. The molecule has 0 spiro atoms. The highest BCUT2D eigenvalue weighted by molar-refractivity contribution is 7.85. The fourth-order valence-electron chi connectivity index (χ4n) is 0.869. The highest BCUT2D eigenvalue weighted by Crippen LogP contribution is 2.04. The molecule has 1 rings (SSSR count). The van der Waals surface area contributed by atoms with Gasteiger partial charge in [-0.25, -0.2) is 0 Å². The van der Waals surface area contributed by atoms with Gasteiger partial charge in [0.25, 0.3) is 10.1 Å². The smallest absolute Gasteiger partial charge is 0.264 e. The summed E-state index contributed by atoms with van der Waals surface area (Å²) in [5.74, 6) is 0. The van der Waals surface area contributed by atoms with Crippen molar-refractivity contribution in [3.05, 3.63) is 29.6 Å². The summed E-state index contributed by atoms with van der Waals surface area (Å²) in [6.07, 6.45) is 2.65. The molecule has 0 saturated carbocycles. The topological polar surface area (TPSA) is 56.3 Å². The van der Waals surface area contributed by atoms with Crippen LogP contribution in [0.15, 0.2) is 18.3 Å². The summed E-state index contributed by atoms with van der Waals surface area (Å²) in [6, 6.07) is 3.50. The lowest BCUT2D eigenvalue weighted by molar-refractivity contribution is 0.311. The Labute approximate surface area is 77.7 Å². The Hall–Kier alpha value is -0.940. The van der Waals surface area contributed by atoms with Crippen LogP contribution in [0.1, 0.15) is 11.3 Å². The van der Waals surface area contributed by atoms with E-state index in [1.165, 1.54) is 0 Å². The van der Waals surface area contributed by atoms with E-state index in [2.05, 4.69) is 9.17 Å². The first-order chi connectivity index (χ1) is 5.97. The third kappa shape index (κ3) is 4.00. The van der Waals surface area contributed by atoms with Crippen LogP contribution in [0.2, 0.25) is 0 Å². The van der Waals surface area contributed by atoms with E-state index >= 15 is 0 Å². The Balaban J connectivity index is 2.65. The van der Waals surface area contributed by atoms with Crippen LogP contribution in [0, 0.1) is 6.92 Å². The lowest BCUT2D eigenvalue weighted by atomic mass is 10.2. The zero-order chi connectivity index (χ0) is 9.90. The molecule has 1 heterocycles. The molecule has 5 heteroatoms. The minimum Gasteiger partial charge on any atom is -0.265 e. The van der Waals surface area contributed by atoms with E-state index in [0.29, 0.717) is 0 Å². The average Bonchev–Trinajstić information content (AvgIpc) is 2.00. The molecule has 0 unspecified atom stereocenters. The van der Waals surface area contributed by atoms with Crippen molar-refractivity contribution in [2.75, 3.05) is 6.26 Å². The molecular formula is C8H11NO3S. The van der Waals surface area contributed by atoms with E-state index in [1.54, 1.807) is 18.3 Å². The van der Waals surface area contributed by atoms with Crippen molar-refractivity contribution in [1.82, 2.24) is 4.98 Å². The van der Waals surface area contributed by atoms with Crippen molar-refractivity contribution in [2.24, 2.45) is 0 Å². The molecule has 4 nitrogen and oxygen atoms in total. The molecule has 0 radical (unpaired) electrons. The molecular weight excluding hydrogens is 190 g/mol. The number of hydrogen-bond donors (Lipinski definition) is 0. The van der Waals surface area contributed by atoms with Crippen molar-refractivity contribution in [3.63, 3.8) is 0 Å². The molecule has 0 fully saturated rings. The van der Waals surface area contributed by atoms with Gasteiger partial charge in [0.05, 0.1) is 12.9 Å². The third-order valence-electron chi connectivity index (χ3n) is 1.40. The normalized spacial score (nSPS) is 11.5. The van der Waals surface area contributed by atoms with Crippen LogP contribution in [0.3, 0.4) is 0 Å². The highest BCUT2D eigenvalue weighted by Gasteiger charge is 2.02. The van der Waals surface area contributed by atoms with Gasteiger partial charge in [-0.2, -0.15) is 8.42 Å². The summed E-state index contributed by atoms with van der Waals surface area (Å²) in [6.45, 7) is 1.91. The maximum absolute atomic E-state index is 10.7. The first-order valence-electron chi connectivity index (χ1n) is 3.73. The molecule has 0 atom stereocenters. The number of hydrogen-bond acceptors (Lipinski definition) is 4. The Morgan fingerprint density at radius 2 is 2.23 bits per heavy atom. The molecule has 72 valence electrons. The molecule has 1 aromatic rings. The summed E-state index contributed by atoms with van der Waals surface area (Å²) in [4.78, 5) is 3.98. The Morgan fingerprint density at radius 1 is 1.54 bits per heavy atom. The fourth-order valence-corrected chi connectivity index (χ4v) is 1.22. The summed E-state index contributed by atoms with van der Waals surface area (Å²) in [5.41, 5.74) is 1.65. The minimum absolute atomic E-state index is 0.0716. The van der Waals surface area contributed by atoms with Crippen molar-refractivity contribution < 1.29 is 12.6 Å². The van der Waals surface area contributed by atoms with Crippen LogP contribution in [-0.4, -0.2) is 19.7 Å². The maximum atomic E-state index is 10.7. The second kappa shape index (κ2) is 3.85. The molecule has 0 aliphatic rings. The molecule has 0 aliphatic carbocycles. The van der Waals surface area contributed by atoms with Crippen LogP contribution < -0.4 is 0 Å². The second-order valence-electron chi connectivity index (χ2n) is 2.77. The fraction of sp³-hybridized carbons (Fsp3) is 0.375. The lowest BCUT2D eigenvalue weighted by Crippen LogP contribution is -2.02. The maximum Gasteiger partial charge on any atom is 0.264 e. The Morgan fingerprint density at radius 3 is 2.77 bits per heavy atom. The molecule has 0 N–H and O–H groups in total. The van der Waals surface area contributed by atoms with Gasteiger partial charge in [0.1, 0.15) is 0 Å². The Kier molecular flexibility index (Phi) is 3.00.